The summed E-state index contributed by atoms with van der Waals surface area (Å²) in [5.74, 6) is 5.45. The maximum Gasteiger partial charge on any atom is 0.115 e. The molecule has 0 bridgehead atoms. The van der Waals surface area contributed by atoms with Crippen LogP contribution in [0.15, 0.2) is 61.5 Å². The number of nitrogens with zero attached hydrogens (tertiary/aromatic N) is 2. The number of aromatic hydroxyl groups is 1. The average molecular weight is 325 g/mol. The second kappa shape index (κ2) is 8.86. The highest BCUT2D eigenvalue weighted by Gasteiger charge is 2.13. The predicted molar refractivity (Wildman–Crippen MR) is 96.3 cm³/mol. The molecule has 0 amide bonds. The third-order valence-electron chi connectivity index (χ3n) is 3.63. The Bertz CT molecular complexity index is 745. The van der Waals surface area contributed by atoms with Gasteiger partial charge in [0.25, 0.3) is 0 Å². The Morgan fingerprint density at radius 3 is 2.96 bits per heavy atom. The van der Waals surface area contributed by atoms with Crippen LogP contribution in [-0.4, -0.2) is 21.3 Å². The standard InChI is InChI=1S/C19H23N3O2/c1-3-5-8-16(4-2)19-18(10-11-24-20)22(14-21-19)13-15-7-6-9-17(23)12-15/h3-9,12,14,23H,2,10-11,13,20H2,1H3/b5-3-,16-8+. The molecule has 1 heterocycles. The Morgan fingerprint density at radius 2 is 2.29 bits per heavy atom. The highest BCUT2D eigenvalue weighted by Crippen LogP contribution is 2.21. The minimum atomic E-state index is 0.249. The van der Waals surface area contributed by atoms with Crippen LogP contribution >= 0.6 is 0 Å². The van der Waals surface area contributed by atoms with E-state index in [4.69, 9.17) is 10.7 Å². The second-order valence-corrected chi connectivity index (χ2v) is 5.31. The van der Waals surface area contributed by atoms with Gasteiger partial charge in [-0.3, -0.25) is 0 Å². The van der Waals surface area contributed by atoms with Gasteiger partial charge in [0.15, 0.2) is 0 Å². The van der Waals surface area contributed by atoms with Gasteiger partial charge in [0.1, 0.15) is 5.75 Å². The maximum atomic E-state index is 9.64. The molecule has 24 heavy (non-hydrogen) atoms. The largest absolute Gasteiger partial charge is 0.508 e. The molecule has 3 N–H and O–H groups in total. The van der Waals surface area contributed by atoms with Crippen LogP contribution in [0.25, 0.3) is 5.57 Å². The van der Waals surface area contributed by atoms with E-state index in [1.165, 1.54) is 0 Å². The van der Waals surface area contributed by atoms with Gasteiger partial charge in [0.2, 0.25) is 0 Å². The molecular formula is C19H23N3O2. The Balaban J connectivity index is 2.39. The van der Waals surface area contributed by atoms with Crippen molar-refractivity contribution in [2.45, 2.75) is 19.9 Å². The van der Waals surface area contributed by atoms with Gasteiger partial charge in [0, 0.05) is 24.2 Å². The van der Waals surface area contributed by atoms with E-state index in [0.29, 0.717) is 19.6 Å². The maximum absolute atomic E-state index is 9.64. The lowest BCUT2D eigenvalue weighted by molar-refractivity contribution is 0.140. The van der Waals surface area contributed by atoms with Gasteiger partial charge >= 0.3 is 0 Å². The first-order valence-electron chi connectivity index (χ1n) is 7.79. The summed E-state index contributed by atoms with van der Waals surface area (Å²) in [4.78, 5) is 9.29. The normalized spacial score (nSPS) is 12.0. The molecule has 0 fully saturated rings. The van der Waals surface area contributed by atoms with Crippen LogP contribution in [0.4, 0.5) is 0 Å². The minimum Gasteiger partial charge on any atom is -0.508 e. The molecule has 0 radical (unpaired) electrons. The molecule has 5 heteroatoms. The first-order chi connectivity index (χ1) is 11.7. The van der Waals surface area contributed by atoms with Crippen molar-refractivity contribution in [2.75, 3.05) is 6.61 Å². The molecule has 5 nitrogen and oxygen atoms in total. The number of rotatable bonds is 8. The molecule has 2 aromatic rings. The van der Waals surface area contributed by atoms with Crippen molar-refractivity contribution in [3.8, 4) is 5.75 Å². The van der Waals surface area contributed by atoms with E-state index in [-0.39, 0.29) is 5.75 Å². The van der Waals surface area contributed by atoms with Crippen molar-refractivity contribution in [2.24, 2.45) is 5.90 Å². The lowest BCUT2D eigenvalue weighted by atomic mass is 10.1. The van der Waals surface area contributed by atoms with Crippen LogP contribution < -0.4 is 5.90 Å². The number of nitrogens with two attached hydrogens (primary N) is 1. The Hall–Kier alpha value is -2.63. The second-order valence-electron chi connectivity index (χ2n) is 5.31. The van der Waals surface area contributed by atoms with Crippen molar-refractivity contribution in [1.29, 1.82) is 0 Å². The summed E-state index contributed by atoms with van der Waals surface area (Å²) in [5, 5.41) is 9.64. The SMILES string of the molecule is C=C/C(=C\C=C/C)c1ncn(Cc2cccc(O)c2)c1CCON. The summed E-state index contributed by atoms with van der Waals surface area (Å²) >= 11 is 0. The quantitative estimate of drug-likeness (QED) is 0.577. The zero-order chi connectivity index (χ0) is 17.4. The van der Waals surface area contributed by atoms with E-state index in [0.717, 1.165) is 22.5 Å². The average Bonchev–Trinajstić information content (AvgIpc) is 2.96. The number of imidazole rings is 1. The summed E-state index contributed by atoms with van der Waals surface area (Å²) in [6, 6.07) is 7.19. The number of phenols is 1. The lowest BCUT2D eigenvalue weighted by Crippen LogP contribution is -2.10. The van der Waals surface area contributed by atoms with Crippen LogP contribution in [0, 0.1) is 0 Å². The van der Waals surface area contributed by atoms with Gasteiger partial charge in [-0.1, -0.05) is 43.0 Å². The lowest BCUT2D eigenvalue weighted by Gasteiger charge is -2.10. The zero-order valence-corrected chi connectivity index (χ0v) is 13.9. The van der Waals surface area contributed by atoms with E-state index in [9.17, 15) is 5.11 Å². The highest BCUT2D eigenvalue weighted by atomic mass is 16.6. The minimum absolute atomic E-state index is 0.249. The van der Waals surface area contributed by atoms with Gasteiger partial charge in [0.05, 0.1) is 18.6 Å². The zero-order valence-electron chi connectivity index (χ0n) is 13.9. The van der Waals surface area contributed by atoms with Gasteiger partial charge in [-0.15, -0.1) is 0 Å². The summed E-state index contributed by atoms with van der Waals surface area (Å²) in [7, 11) is 0. The first kappa shape index (κ1) is 17.7. The molecule has 126 valence electrons. The van der Waals surface area contributed by atoms with Crippen molar-refractivity contribution >= 4 is 5.57 Å². The van der Waals surface area contributed by atoms with Crippen LogP contribution in [0.2, 0.25) is 0 Å². The fourth-order valence-corrected chi connectivity index (χ4v) is 2.50. The van der Waals surface area contributed by atoms with Crippen molar-refractivity contribution in [3.05, 3.63) is 78.4 Å². The van der Waals surface area contributed by atoms with Gasteiger partial charge in [-0.25, -0.2) is 10.9 Å². The third-order valence-corrected chi connectivity index (χ3v) is 3.63. The molecule has 1 aromatic carbocycles. The van der Waals surface area contributed by atoms with Crippen molar-refractivity contribution < 1.29 is 9.94 Å². The van der Waals surface area contributed by atoms with Gasteiger partial charge < -0.3 is 14.5 Å². The molecule has 2 rings (SSSR count). The van der Waals surface area contributed by atoms with E-state index >= 15 is 0 Å². The van der Waals surface area contributed by atoms with Crippen LogP contribution in [-0.2, 0) is 17.8 Å². The number of benzene rings is 1. The molecule has 0 unspecified atom stereocenters. The number of phenolic OH excluding ortho intramolecular Hbond substituents is 1. The van der Waals surface area contributed by atoms with E-state index < -0.39 is 0 Å². The molecule has 0 aliphatic heterocycles. The fourth-order valence-electron chi connectivity index (χ4n) is 2.50. The van der Waals surface area contributed by atoms with E-state index in [1.807, 2.05) is 41.9 Å². The molecule has 1 aromatic heterocycles. The molecule has 0 saturated carbocycles. The smallest absolute Gasteiger partial charge is 0.115 e. The first-order valence-corrected chi connectivity index (χ1v) is 7.79. The number of aromatic nitrogens is 2. The topological polar surface area (TPSA) is 73.3 Å². The number of allylic oxidation sites excluding steroid dienone is 5. The van der Waals surface area contributed by atoms with Gasteiger partial charge in [-0.05, 0) is 24.6 Å². The van der Waals surface area contributed by atoms with Crippen molar-refractivity contribution in [1.82, 2.24) is 9.55 Å². The van der Waals surface area contributed by atoms with Crippen molar-refractivity contribution in [3.63, 3.8) is 0 Å². The molecule has 0 spiro atoms. The van der Waals surface area contributed by atoms with Crippen LogP contribution in [0.5, 0.6) is 5.75 Å². The van der Waals surface area contributed by atoms with Crippen LogP contribution in [0.3, 0.4) is 0 Å². The highest BCUT2D eigenvalue weighted by molar-refractivity contribution is 5.74. The summed E-state index contributed by atoms with van der Waals surface area (Å²) in [5.41, 5.74) is 3.81. The predicted octanol–water partition coefficient (Wildman–Crippen LogP) is 3.22. The number of hydrogen-bond donors (Lipinski definition) is 2. The molecule has 0 aliphatic rings. The fraction of sp³-hybridized carbons (Fsp3) is 0.211. The molecular weight excluding hydrogens is 302 g/mol. The Kier molecular flexibility index (Phi) is 6.54. The van der Waals surface area contributed by atoms with Gasteiger partial charge in [-0.2, -0.15) is 0 Å². The Labute approximate surface area is 142 Å². The third kappa shape index (κ3) is 4.44. The summed E-state index contributed by atoms with van der Waals surface area (Å²) < 4.78 is 2.04. The molecule has 0 saturated heterocycles. The monoisotopic (exact) mass is 325 g/mol. The number of hydrogen-bond acceptors (Lipinski definition) is 4. The summed E-state index contributed by atoms with van der Waals surface area (Å²) in [6.45, 7) is 6.84. The van der Waals surface area contributed by atoms with E-state index in [2.05, 4.69) is 11.6 Å². The molecule has 0 atom stereocenters. The van der Waals surface area contributed by atoms with Crippen LogP contribution in [0.1, 0.15) is 23.9 Å². The Morgan fingerprint density at radius 1 is 1.46 bits per heavy atom. The van der Waals surface area contributed by atoms with E-state index in [1.54, 1.807) is 24.5 Å². The summed E-state index contributed by atoms with van der Waals surface area (Å²) in [6.07, 6.45) is 10.1. The molecule has 0 aliphatic carbocycles.